The minimum absolute atomic E-state index is 0.0238. The van der Waals surface area contributed by atoms with Crippen LogP contribution in [0.4, 0.5) is 10.1 Å². The van der Waals surface area contributed by atoms with Crippen LogP contribution in [0.5, 0.6) is 0 Å². The molecule has 3 heterocycles. The third kappa shape index (κ3) is 2.19. The molecule has 8 heteroatoms. The highest BCUT2D eigenvalue weighted by molar-refractivity contribution is 6.33. The molecule has 0 bridgehead atoms. The van der Waals surface area contributed by atoms with E-state index in [1.54, 1.807) is 12.1 Å². The van der Waals surface area contributed by atoms with Crippen molar-refractivity contribution < 1.29 is 9.18 Å². The van der Waals surface area contributed by atoms with Gasteiger partial charge in [0, 0.05) is 24.1 Å². The minimum atomic E-state index is -0.690. The van der Waals surface area contributed by atoms with E-state index in [1.807, 2.05) is 0 Å². The topological polar surface area (TPSA) is 72.2 Å². The lowest BCUT2D eigenvalue weighted by Crippen LogP contribution is -2.16. The van der Waals surface area contributed by atoms with Gasteiger partial charge in [0.05, 0.1) is 0 Å². The van der Waals surface area contributed by atoms with Crippen molar-refractivity contribution >= 4 is 28.8 Å². The molecule has 0 spiro atoms. The van der Waals surface area contributed by atoms with Crippen LogP contribution in [0.2, 0.25) is 5.15 Å². The summed E-state index contributed by atoms with van der Waals surface area (Å²) in [7, 11) is 0. The Morgan fingerprint density at radius 2 is 2.20 bits per heavy atom. The summed E-state index contributed by atoms with van der Waals surface area (Å²) >= 11 is 5.94. The van der Waals surface area contributed by atoms with Gasteiger partial charge in [0.2, 0.25) is 5.95 Å². The molecule has 1 N–H and O–H groups in total. The zero-order valence-corrected chi connectivity index (χ0v) is 10.7. The Hall–Kier alpha value is -2.54. The summed E-state index contributed by atoms with van der Waals surface area (Å²) in [6.45, 7) is 0. The molecule has 6 nitrogen and oxygen atoms in total. The first-order valence-corrected chi connectivity index (χ1v) is 5.95. The number of nitrogens with zero attached hydrogens (tertiary/aromatic N) is 4. The number of carbonyl (C=O) groups is 1. The van der Waals surface area contributed by atoms with E-state index in [9.17, 15) is 9.18 Å². The second-order valence-electron chi connectivity index (χ2n) is 3.87. The van der Waals surface area contributed by atoms with E-state index in [0.29, 0.717) is 5.65 Å². The smallest absolute Gasteiger partial charge is 0.277 e. The summed E-state index contributed by atoms with van der Waals surface area (Å²) in [5, 5.41) is 6.54. The number of carbonyl (C=O) groups excluding carboxylic acids is 1. The molecule has 3 aromatic heterocycles. The lowest BCUT2D eigenvalue weighted by molar-refractivity contribution is 0.102. The van der Waals surface area contributed by atoms with Crippen LogP contribution in [-0.4, -0.2) is 25.5 Å². The van der Waals surface area contributed by atoms with Crippen molar-refractivity contribution in [1.29, 1.82) is 0 Å². The third-order valence-electron chi connectivity index (χ3n) is 2.55. The van der Waals surface area contributed by atoms with Crippen molar-refractivity contribution in [2.75, 3.05) is 5.32 Å². The Kier molecular flexibility index (Phi) is 3.03. The number of aromatic nitrogens is 4. The van der Waals surface area contributed by atoms with Crippen LogP contribution < -0.4 is 5.32 Å². The van der Waals surface area contributed by atoms with Gasteiger partial charge in [0.1, 0.15) is 0 Å². The highest BCUT2D eigenvalue weighted by Gasteiger charge is 2.19. The summed E-state index contributed by atoms with van der Waals surface area (Å²) in [5.74, 6) is -1.23. The lowest BCUT2D eigenvalue weighted by atomic mass is 10.3. The van der Waals surface area contributed by atoms with Crippen LogP contribution in [0, 0.1) is 5.95 Å². The fraction of sp³-hybridized carbons (Fsp3) is 0. The molecule has 0 radical (unpaired) electrons. The number of rotatable bonds is 2. The van der Waals surface area contributed by atoms with E-state index in [0.717, 1.165) is 6.07 Å². The number of nitrogens with one attached hydrogen (secondary N) is 1. The highest BCUT2D eigenvalue weighted by Crippen LogP contribution is 2.18. The van der Waals surface area contributed by atoms with Gasteiger partial charge in [0.15, 0.2) is 16.5 Å². The quantitative estimate of drug-likeness (QED) is 0.735. The summed E-state index contributed by atoms with van der Waals surface area (Å²) in [6, 6.07) is 5.91. The molecule has 0 unspecified atom stereocenters. The number of hydrogen-bond acceptors (Lipinski definition) is 4. The van der Waals surface area contributed by atoms with Crippen LogP contribution in [0.3, 0.4) is 0 Å². The van der Waals surface area contributed by atoms with E-state index < -0.39 is 11.9 Å². The maximum atomic E-state index is 13.0. The van der Waals surface area contributed by atoms with Gasteiger partial charge in [-0.15, -0.1) is 0 Å². The van der Waals surface area contributed by atoms with Gasteiger partial charge in [-0.1, -0.05) is 11.6 Å². The van der Waals surface area contributed by atoms with Gasteiger partial charge in [-0.05, 0) is 18.2 Å². The molecular weight excluding hydrogens is 285 g/mol. The molecule has 0 aliphatic heterocycles. The van der Waals surface area contributed by atoms with E-state index in [1.165, 1.54) is 23.0 Å². The van der Waals surface area contributed by atoms with Crippen molar-refractivity contribution in [3.8, 4) is 0 Å². The van der Waals surface area contributed by atoms with Crippen molar-refractivity contribution in [3.05, 3.63) is 53.5 Å². The first kappa shape index (κ1) is 12.5. The van der Waals surface area contributed by atoms with Crippen LogP contribution in [0.25, 0.3) is 5.65 Å². The van der Waals surface area contributed by atoms with Crippen LogP contribution in [-0.2, 0) is 0 Å². The van der Waals surface area contributed by atoms with E-state index in [2.05, 4.69) is 20.4 Å². The molecule has 0 aliphatic carbocycles. The Bertz CT molecular complexity index is 803. The van der Waals surface area contributed by atoms with Crippen molar-refractivity contribution in [2.45, 2.75) is 0 Å². The number of pyridine rings is 1. The molecule has 0 saturated carbocycles. The molecule has 3 rings (SSSR count). The Labute approximate surface area is 117 Å². The van der Waals surface area contributed by atoms with Gasteiger partial charge in [-0.2, -0.15) is 9.49 Å². The molecule has 3 aromatic rings. The Morgan fingerprint density at radius 1 is 1.35 bits per heavy atom. The van der Waals surface area contributed by atoms with Crippen molar-refractivity contribution in [2.24, 2.45) is 0 Å². The number of hydrogen-bond donors (Lipinski definition) is 1. The minimum Gasteiger partial charge on any atom is -0.320 e. The predicted molar refractivity (Wildman–Crippen MR) is 70.1 cm³/mol. The maximum Gasteiger partial charge on any atom is 0.277 e. The van der Waals surface area contributed by atoms with Crippen molar-refractivity contribution in [3.63, 3.8) is 0 Å². The standard InChI is InChI=1S/C12H7ClFN5O/c13-11-10(19-9(18-11)2-1-4-16-19)12(20)17-7-3-5-15-8(14)6-7/h1-6H,(H,15,17,20). The zero-order chi connectivity index (χ0) is 14.1. The monoisotopic (exact) mass is 291 g/mol. The molecule has 1 amide bonds. The number of fused-ring (bicyclic) bond motifs is 1. The van der Waals surface area contributed by atoms with Gasteiger partial charge < -0.3 is 5.32 Å². The normalized spacial score (nSPS) is 10.7. The average Bonchev–Trinajstić information content (AvgIpc) is 2.74. The molecule has 20 heavy (non-hydrogen) atoms. The number of amides is 1. The summed E-state index contributed by atoms with van der Waals surface area (Å²) in [6.07, 6.45) is 2.76. The zero-order valence-electron chi connectivity index (χ0n) is 9.92. The largest absolute Gasteiger partial charge is 0.320 e. The number of halogens is 2. The van der Waals surface area contributed by atoms with Gasteiger partial charge in [0.25, 0.3) is 5.91 Å². The van der Waals surface area contributed by atoms with Gasteiger partial charge in [-0.3, -0.25) is 4.79 Å². The lowest BCUT2D eigenvalue weighted by Gasteiger charge is -2.04. The summed E-state index contributed by atoms with van der Waals surface area (Å²) in [4.78, 5) is 19.6. The second-order valence-corrected chi connectivity index (χ2v) is 4.22. The SMILES string of the molecule is O=C(Nc1ccnc(F)c1)c1c(Cl)nc2cccnn12. The highest BCUT2D eigenvalue weighted by atomic mass is 35.5. The second kappa shape index (κ2) is 4.86. The predicted octanol–water partition coefficient (Wildman–Crippen LogP) is 2.17. The Morgan fingerprint density at radius 3 is 3.00 bits per heavy atom. The maximum absolute atomic E-state index is 13.0. The van der Waals surface area contributed by atoms with Crippen LogP contribution >= 0.6 is 11.6 Å². The fourth-order valence-corrected chi connectivity index (χ4v) is 1.97. The Balaban J connectivity index is 1.99. The summed E-state index contributed by atoms with van der Waals surface area (Å²) in [5.41, 5.74) is 0.799. The van der Waals surface area contributed by atoms with E-state index >= 15 is 0 Å². The molecule has 0 aromatic carbocycles. The first-order valence-electron chi connectivity index (χ1n) is 5.57. The first-order chi connectivity index (χ1) is 9.65. The van der Waals surface area contributed by atoms with E-state index in [4.69, 9.17) is 11.6 Å². The fourth-order valence-electron chi connectivity index (χ4n) is 1.72. The molecule has 100 valence electrons. The van der Waals surface area contributed by atoms with Gasteiger partial charge >= 0.3 is 0 Å². The average molecular weight is 292 g/mol. The third-order valence-corrected chi connectivity index (χ3v) is 2.81. The van der Waals surface area contributed by atoms with Crippen LogP contribution in [0.15, 0.2) is 36.7 Å². The van der Waals surface area contributed by atoms with Crippen LogP contribution in [0.1, 0.15) is 10.5 Å². The summed E-state index contributed by atoms with van der Waals surface area (Å²) < 4.78 is 14.3. The number of anilines is 1. The van der Waals surface area contributed by atoms with E-state index in [-0.39, 0.29) is 16.5 Å². The molecule has 0 aliphatic rings. The molecular formula is C12H7ClFN5O. The number of imidazole rings is 1. The molecule has 0 saturated heterocycles. The molecule has 0 fully saturated rings. The molecule has 0 atom stereocenters. The van der Waals surface area contributed by atoms with Gasteiger partial charge in [-0.25, -0.2) is 14.5 Å². The van der Waals surface area contributed by atoms with Crippen molar-refractivity contribution in [1.82, 2.24) is 19.6 Å².